The maximum Gasteiger partial charge on any atom is 0.135 e. The number of benzene rings is 1. The summed E-state index contributed by atoms with van der Waals surface area (Å²) in [6.07, 6.45) is 6.48. The van der Waals surface area contributed by atoms with Crippen molar-refractivity contribution >= 4 is 27.9 Å². The van der Waals surface area contributed by atoms with E-state index >= 15 is 0 Å². The second-order valence-corrected chi connectivity index (χ2v) is 6.99. The van der Waals surface area contributed by atoms with Crippen LogP contribution in [0.3, 0.4) is 0 Å². The molecule has 4 nitrogen and oxygen atoms in total. The van der Waals surface area contributed by atoms with Gasteiger partial charge in [-0.2, -0.15) is 0 Å². The predicted octanol–water partition coefficient (Wildman–Crippen LogP) is 3.46. The molecule has 1 aromatic carbocycles. The summed E-state index contributed by atoms with van der Waals surface area (Å²) in [5.74, 6) is 1.16. The lowest BCUT2D eigenvalue weighted by Gasteiger charge is -2.23. The summed E-state index contributed by atoms with van der Waals surface area (Å²) in [5, 5.41) is 6.91. The highest BCUT2D eigenvalue weighted by atomic mass is 79.9. The highest BCUT2D eigenvalue weighted by molar-refractivity contribution is 9.10. The van der Waals surface area contributed by atoms with E-state index in [1.165, 1.54) is 24.8 Å². The number of ether oxygens (including phenoxy) is 1. The lowest BCUT2D eigenvalue weighted by atomic mass is 9.98. The molecule has 0 bridgehead atoms. The van der Waals surface area contributed by atoms with E-state index < -0.39 is 0 Å². The summed E-state index contributed by atoms with van der Waals surface area (Å²) < 4.78 is 6.94. The summed E-state index contributed by atoms with van der Waals surface area (Å²) in [6, 6.07) is 4.74. The molecule has 0 amide bonds. The summed E-state index contributed by atoms with van der Waals surface area (Å²) in [5.41, 5.74) is 2.31. The summed E-state index contributed by atoms with van der Waals surface area (Å²) in [6.45, 7) is 2.69. The van der Waals surface area contributed by atoms with E-state index in [9.17, 15) is 4.79 Å². The average molecular weight is 367 g/mol. The first-order chi connectivity index (χ1) is 10.8. The highest BCUT2D eigenvalue weighted by Crippen LogP contribution is 2.40. The Morgan fingerprint density at radius 2 is 2.27 bits per heavy atom. The molecule has 120 valence electrons. The van der Waals surface area contributed by atoms with Gasteiger partial charge in [-0.05, 0) is 53.4 Å². The molecule has 0 spiro atoms. The number of rotatable bonds is 6. The largest absolute Gasteiger partial charge is 0.492 e. The first-order valence-corrected chi connectivity index (χ1v) is 8.94. The third-order valence-electron chi connectivity index (χ3n) is 4.60. The fraction of sp³-hybridized carbons (Fsp3) is 0.588. The van der Waals surface area contributed by atoms with Crippen molar-refractivity contribution in [1.82, 2.24) is 5.32 Å². The highest BCUT2D eigenvalue weighted by Gasteiger charge is 2.23. The van der Waals surface area contributed by atoms with E-state index in [1.54, 1.807) is 0 Å². The summed E-state index contributed by atoms with van der Waals surface area (Å²) in [7, 11) is 0. The second-order valence-electron chi connectivity index (χ2n) is 6.13. The number of fused-ring (bicyclic) bond motifs is 1. The van der Waals surface area contributed by atoms with Crippen LogP contribution in [-0.4, -0.2) is 32.0 Å². The van der Waals surface area contributed by atoms with E-state index in [0.29, 0.717) is 12.5 Å². The molecule has 0 aliphatic carbocycles. The minimum absolute atomic E-state index is 0.282. The molecule has 5 heteroatoms. The smallest absolute Gasteiger partial charge is 0.135 e. The number of carbonyl (C=O) groups is 1. The minimum Gasteiger partial charge on any atom is -0.492 e. The lowest BCUT2D eigenvalue weighted by molar-refractivity contribution is -0.108. The molecule has 22 heavy (non-hydrogen) atoms. The lowest BCUT2D eigenvalue weighted by Crippen LogP contribution is -2.35. The van der Waals surface area contributed by atoms with Crippen molar-refractivity contribution in [2.24, 2.45) is 0 Å². The number of nitrogens with one attached hydrogen (secondary N) is 2. The van der Waals surface area contributed by atoms with Gasteiger partial charge in [-0.3, -0.25) is 0 Å². The zero-order valence-corrected chi connectivity index (χ0v) is 14.3. The van der Waals surface area contributed by atoms with Gasteiger partial charge in [0.1, 0.15) is 12.0 Å². The van der Waals surface area contributed by atoms with Crippen LogP contribution < -0.4 is 15.4 Å². The van der Waals surface area contributed by atoms with Gasteiger partial charge in [0, 0.05) is 36.7 Å². The Balaban J connectivity index is 1.59. The van der Waals surface area contributed by atoms with Gasteiger partial charge in [0.05, 0.1) is 11.1 Å². The number of aldehydes is 1. The number of piperidine rings is 1. The molecule has 2 atom stereocenters. The van der Waals surface area contributed by atoms with Crippen molar-refractivity contribution < 1.29 is 9.53 Å². The Hall–Kier alpha value is -1.07. The van der Waals surface area contributed by atoms with Gasteiger partial charge in [0.15, 0.2) is 0 Å². The molecule has 1 aromatic rings. The Morgan fingerprint density at radius 3 is 3.05 bits per heavy atom. The molecule has 2 aliphatic rings. The van der Waals surface area contributed by atoms with E-state index in [0.717, 1.165) is 48.3 Å². The first kappa shape index (κ1) is 15.8. The Kier molecular flexibility index (Phi) is 5.37. The quantitative estimate of drug-likeness (QED) is 0.757. The van der Waals surface area contributed by atoms with Crippen LogP contribution in [0.2, 0.25) is 0 Å². The first-order valence-electron chi connectivity index (χ1n) is 8.15. The van der Waals surface area contributed by atoms with Crippen molar-refractivity contribution in [3.63, 3.8) is 0 Å². The Bertz CT molecular complexity index is 530. The van der Waals surface area contributed by atoms with Gasteiger partial charge in [-0.25, -0.2) is 0 Å². The number of anilines is 1. The minimum atomic E-state index is 0.282. The van der Waals surface area contributed by atoms with E-state index in [4.69, 9.17) is 4.74 Å². The molecular formula is C17H23BrN2O2. The van der Waals surface area contributed by atoms with Gasteiger partial charge in [0.25, 0.3) is 0 Å². The molecule has 1 saturated heterocycles. The van der Waals surface area contributed by atoms with Gasteiger partial charge in [-0.15, -0.1) is 0 Å². The van der Waals surface area contributed by atoms with Crippen molar-refractivity contribution in [3.8, 4) is 5.75 Å². The Labute approximate surface area is 140 Å². The zero-order chi connectivity index (χ0) is 15.4. The molecular weight excluding hydrogens is 344 g/mol. The topological polar surface area (TPSA) is 50.4 Å². The fourth-order valence-corrected chi connectivity index (χ4v) is 3.80. The molecule has 0 saturated carbocycles. The molecule has 2 aliphatic heterocycles. The standard InChI is InChI=1S/C17H23BrN2O2/c18-15-9-14-12(4-7-21)11-20-16(14)10-17(15)22-8-5-13-3-1-2-6-19-13/h7,9-10,12-13,19-20H,1-6,8,11H2. The maximum atomic E-state index is 10.7. The van der Waals surface area contributed by atoms with E-state index in [1.807, 2.05) is 0 Å². The summed E-state index contributed by atoms with van der Waals surface area (Å²) in [4.78, 5) is 10.7. The molecule has 0 radical (unpaired) electrons. The van der Waals surface area contributed by atoms with Gasteiger partial charge < -0.3 is 20.2 Å². The number of hydrogen-bond acceptors (Lipinski definition) is 4. The van der Waals surface area contributed by atoms with Crippen LogP contribution in [0.15, 0.2) is 16.6 Å². The van der Waals surface area contributed by atoms with Crippen molar-refractivity contribution in [2.45, 2.75) is 44.1 Å². The SMILES string of the molecule is O=CCC1CNc2cc(OCCC3CCCCN3)c(Br)cc21. The summed E-state index contributed by atoms with van der Waals surface area (Å²) >= 11 is 3.60. The number of hydrogen-bond donors (Lipinski definition) is 2. The van der Waals surface area contributed by atoms with Crippen LogP contribution in [0.25, 0.3) is 0 Å². The maximum absolute atomic E-state index is 10.7. The Morgan fingerprint density at radius 1 is 1.36 bits per heavy atom. The van der Waals surface area contributed by atoms with E-state index in [2.05, 4.69) is 38.7 Å². The molecule has 0 aromatic heterocycles. The van der Waals surface area contributed by atoms with Crippen molar-refractivity contribution in [3.05, 3.63) is 22.2 Å². The van der Waals surface area contributed by atoms with Crippen molar-refractivity contribution in [1.29, 1.82) is 0 Å². The van der Waals surface area contributed by atoms with Crippen LogP contribution in [0.5, 0.6) is 5.75 Å². The zero-order valence-electron chi connectivity index (χ0n) is 12.7. The van der Waals surface area contributed by atoms with Crippen molar-refractivity contribution in [2.75, 3.05) is 25.0 Å². The molecule has 2 heterocycles. The average Bonchev–Trinajstić information content (AvgIpc) is 2.91. The molecule has 2 N–H and O–H groups in total. The van der Waals surface area contributed by atoms with Crippen LogP contribution in [0, 0.1) is 0 Å². The fourth-order valence-electron chi connectivity index (χ4n) is 3.32. The number of carbonyl (C=O) groups excluding carboxylic acids is 1. The third-order valence-corrected chi connectivity index (χ3v) is 5.22. The van der Waals surface area contributed by atoms with Gasteiger partial charge in [-0.1, -0.05) is 6.42 Å². The predicted molar refractivity (Wildman–Crippen MR) is 91.8 cm³/mol. The van der Waals surface area contributed by atoms with E-state index in [-0.39, 0.29) is 5.92 Å². The monoisotopic (exact) mass is 366 g/mol. The van der Waals surface area contributed by atoms with Gasteiger partial charge >= 0.3 is 0 Å². The third kappa shape index (κ3) is 3.63. The molecule has 1 fully saturated rings. The number of halogens is 1. The van der Waals surface area contributed by atoms with Crippen LogP contribution >= 0.6 is 15.9 Å². The normalized spacial score (nSPS) is 23.7. The molecule has 3 rings (SSSR count). The van der Waals surface area contributed by atoms with Crippen LogP contribution in [0.1, 0.15) is 43.6 Å². The second kappa shape index (κ2) is 7.47. The van der Waals surface area contributed by atoms with Crippen LogP contribution in [-0.2, 0) is 4.79 Å². The van der Waals surface area contributed by atoms with Crippen LogP contribution in [0.4, 0.5) is 5.69 Å². The van der Waals surface area contributed by atoms with Gasteiger partial charge in [0.2, 0.25) is 0 Å². The molecule has 2 unspecified atom stereocenters.